The number of hydrogen-bond acceptors (Lipinski definition) is 3. The molecule has 5 nitrogen and oxygen atoms in total. The molecule has 9 heteroatoms. The summed E-state index contributed by atoms with van der Waals surface area (Å²) in [5.41, 5.74) is 1.14. The van der Waals surface area contributed by atoms with Gasteiger partial charge in [-0.3, -0.25) is 9.59 Å². The van der Waals surface area contributed by atoms with Crippen LogP contribution in [0.3, 0.4) is 0 Å². The highest BCUT2D eigenvalue weighted by Crippen LogP contribution is 2.26. The molecule has 1 fully saturated rings. The van der Waals surface area contributed by atoms with E-state index < -0.39 is 12.7 Å². The molecule has 0 radical (unpaired) electrons. The molecule has 2 aromatic carbocycles. The standard InChI is InChI=1S/C21H20Cl2F2N2O3/c22-14-5-8-17(23)16(12-14)20(29)27-11-1-2-18(27)19(28)26-10-9-13-3-6-15(7-4-13)30-21(24)25/h3-8,12,18,21H,1-2,9-11H2,(H,26,28). The highest BCUT2D eigenvalue weighted by molar-refractivity contribution is 6.35. The quantitative estimate of drug-likeness (QED) is 0.664. The molecular weight excluding hydrogens is 437 g/mol. The van der Waals surface area contributed by atoms with Gasteiger partial charge in [0.15, 0.2) is 0 Å². The molecule has 1 unspecified atom stereocenters. The number of nitrogens with one attached hydrogen (secondary N) is 1. The highest BCUT2D eigenvalue weighted by atomic mass is 35.5. The van der Waals surface area contributed by atoms with Gasteiger partial charge in [0.2, 0.25) is 5.91 Å². The summed E-state index contributed by atoms with van der Waals surface area (Å²) in [5.74, 6) is -0.482. The molecule has 0 aliphatic carbocycles. The number of amides is 2. The fraction of sp³-hybridized carbons (Fsp3) is 0.333. The lowest BCUT2D eigenvalue weighted by Gasteiger charge is -2.24. The zero-order valence-electron chi connectivity index (χ0n) is 15.9. The van der Waals surface area contributed by atoms with Crippen LogP contribution in [0.25, 0.3) is 0 Å². The van der Waals surface area contributed by atoms with Gasteiger partial charge in [0, 0.05) is 18.1 Å². The third kappa shape index (κ3) is 5.61. The van der Waals surface area contributed by atoms with Crippen molar-refractivity contribution < 1.29 is 23.1 Å². The predicted octanol–water partition coefficient (Wildman–Crippen LogP) is 4.56. The van der Waals surface area contributed by atoms with E-state index in [1.54, 1.807) is 24.3 Å². The van der Waals surface area contributed by atoms with Crippen molar-refractivity contribution in [2.45, 2.75) is 31.9 Å². The fourth-order valence-corrected chi connectivity index (χ4v) is 3.75. The van der Waals surface area contributed by atoms with Crippen molar-refractivity contribution in [3.8, 4) is 5.75 Å². The summed E-state index contributed by atoms with van der Waals surface area (Å²) in [6, 6.07) is 10.3. The first-order valence-electron chi connectivity index (χ1n) is 9.42. The third-order valence-corrected chi connectivity index (χ3v) is 5.40. The number of likely N-dealkylation sites (tertiary alicyclic amines) is 1. The summed E-state index contributed by atoms with van der Waals surface area (Å²) in [7, 11) is 0. The van der Waals surface area contributed by atoms with E-state index in [4.69, 9.17) is 23.2 Å². The normalized spacial score (nSPS) is 16.0. The van der Waals surface area contributed by atoms with Crippen molar-refractivity contribution in [2.75, 3.05) is 13.1 Å². The Kier molecular flexibility index (Phi) is 7.50. The van der Waals surface area contributed by atoms with Gasteiger partial charge >= 0.3 is 6.61 Å². The average Bonchev–Trinajstić information content (AvgIpc) is 3.20. The minimum Gasteiger partial charge on any atom is -0.435 e. The van der Waals surface area contributed by atoms with Gasteiger partial charge in [-0.15, -0.1) is 0 Å². The summed E-state index contributed by atoms with van der Waals surface area (Å²) < 4.78 is 28.7. The van der Waals surface area contributed by atoms with E-state index in [0.29, 0.717) is 37.4 Å². The minimum absolute atomic E-state index is 0.0811. The molecule has 0 spiro atoms. The third-order valence-electron chi connectivity index (χ3n) is 4.84. The van der Waals surface area contributed by atoms with Crippen LogP contribution in [0.2, 0.25) is 10.0 Å². The molecule has 0 aromatic heterocycles. The molecule has 1 atom stereocenters. The van der Waals surface area contributed by atoms with Crippen LogP contribution in [-0.2, 0) is 11.2 Å². The average molecular weight is 457 g/mol. The first-order valence-corrected chi connectivity index (χ1v) is 10.2. The Hall–Kier alpha value is -2.38. The largest absolute Gasteiger partial charge is 0.435 e. The van der Waals surface area contributed by atoms with E-state index in [9.17, 15) is 18.4 Å². The second-order valence-corrected chi connectivity index (χ2v) is 7.69. The monoisotopic (exact) mass is 456 g/mol. The van der Waals surface area contributed by atoms with E-state index in [1.165, 1.54) is 23.1 Å². The number of benzene rings is 2. The van der Waals surface area contributed by atoms with Crippen LogP contribution < -0.4 is 10.1 Å². The molecule has 0 saturated carbocycles. The minimum atomic E-state index is -2.87. The topological polar surface area (TPSA) is 58.6 Å². The van der Waals surface area contributed by atoms with Gasteiger partial charge in [-0.05, 0) is 55.2 Å². The maximum absolute atomic E-state index is 12.9. The number of halogens is 4. The molecule has 1 heterocycles. The number of carbonyl (C=O) groups excluding carboxylic acids is 2. The number of nitrogens with zero attached hydrogens (tertiary/aromatic N) is 1. The SMILES string of the molecule is O=C(NCCc1ccc(OC(F)F)cc1)C1CCCN1C(=O)c1cc(Cl)ccc1Cl. The van der Waals surface area contributed by atoms with Crippen LogP contribution in [0.15, 0.2) is 42.5 Å². The van der Waals surface area contributed by atoms with Crippen molar-refractivity contribution in [3.63, 3.8) is 0 Å². The molecule has 160 valence electrons. The van der Waals surface area contributed by atoms with Crippen molar-refractivity contribution in [1.29, 1.82) is 0 Å². The lowest BCUT2D eigenvalue weighted by molar-refractivity contribution is -0.124. The Morgan fingerprint density at radius 3 is 2.60 bits per heavy atom. The molecule has 3 rings (SSSR count). The van der Waals surface area contributed by atoms with Crippen LogP contribution >= 0.6 is 23.2 Å². The Labute approximate surface area is 182 Å². The Morgan fingerprint density at radius 1 is 1.17 bits per heavy atom. The van der Waals surface area contributed by atoms with E-state index in [0.717, 1.165) is 5.56 Å². The lowest BCUT2D eigenvalue weighted by atomic mass is 10.1. The zero-order valence-corrected chi connectivity index (χ0v) is 17.4. The number of hydrogen-bond donors (Lipinski definition) is 1. The summed E-state index contributed by atoms with van der Waals surface area (Å²) >= 11 is 12.1. The fourth-order valence-electron chi connectivity index (χ4n) is 3.38. The Bertz CT molecular complexity index is 910. The zero-order chi connectivity index (χ0) is 21.7. The number of alkyl halides is 2. The van der Waals surface area contributed by atoms with E-state index in [-0.39, 0.29) is 28.1 Å². The van der Waals surface area contributed by atoms with Crippen LogP contribution in [0.1, 0.15) is 28.8 Å². The number of rotatable bonds is 7. The van der Waals surface area contributed by atoms with Crippen LogP contribution in [0.5, 0.6) is 5.75 Å². The Morgan fingerprint density at radius 2 is 1.90 bits per heavy atom. The summed E-state index contributed by atoms with van der Waals surface area (Å²) in [6.45, 7) is -2.05. The van der Waals surface area contributed by atoms with Crippen LogP contribution in [0.4, 0.5) is 8.78 Å². The second-order valence-electron chi connectivity index (χ2n) is 6.84. The molecule has 30 heavy (non-hydrogen) atoms. The first kappa shape index (κ1) is 22.3. The second kappa shape index (κ2) is 10.1. The molecule has 1 aliphatic rings. The smallest absolute Gasteiger partial charge is 0.387 e. The van der Waals surface area contributed by atoms with Gasteiger partial charge in [0.05, 0.1) is 10.6 Å². The molecule has 1 aliphatic heterocycles. The highest BCUT2D eigenvalue weighted by Gasteiger charge is 2.35. The van der Waals surface area contributed by atoms with Crippen molar-refractivity contribution >= 4 is 35.0 Å². The van der Waals surface area contributed by atoms with E-state index in [2.05, 4.69) is 10.1 Å². The van der Waals surface area contributed by atoms with Gasteiger partial charge in [-0.2, -0.15) is 8.78 Å². The number of carbonyl (C=O) groups is 2. The van der Waals surface area contributed by atoms with Crippen molar-refractivity contribution in [2.24, 2.45) is 0 Å². The Balaban J connectivity index is 1.55. The summed E-state index contributed by atoms with van der Waals surface area (Å²) in [4.78, 5) is 27.0. The molecular formula is C21H20Cl2F2N2O3. The van der Waals surface area contributed by atoms with Crippen LogP contribution in [-0.4, -0.2) is 42.5 Å². The van der Waals surface area contributed by atoms with E-state index in [1.807, 2.05) is 0 Å². The summed E-state index contributed by atoms with van der Waals surface area (Å²) in [5, 5.41) is 3.52. The molecule has 1 N–H and O–H groups in total. The van der Waals surface area contributed by atoms with Gasteiger partial charge in [-0.25, -0.2) is 0 Å². The van der Waals surface area contributed by atoms with Gasteiger partial charge in [0.25, 0.3) is 5.91 Å². The maximum atomic E-state index is 12.9. The van der Waals surface area contributed by atoms with Crippen molar-refractivity contribution in [3.05, 3.63) is 63.6 Å². The van der Waals surface area contributed by atoms with Crippen LogP contribution in [0, 0.1) is 0 Å². The van der Waals surface area contributed by atoms with Gasteiger partial charge in [0.1, 0.15) is 11.8 Å². The first-order chi connectivity index (χ1) is 14.3. The predicted molar refractivity (Wildman–Crippen MR) is 110 cm³/mol. The molecule has 1 saturated heterocycles. The molecule has 2 amide bonds. The molecule has 2 aromatic rings. The van der Waals surface area contributed by atoms with Gasteiger partial charge < -0.3 is 15.0 Å². The summed E-state index contributed by atoms with van der Waals surface area (Å²) in [6.07, 6.45) is 1.80. The van der Waals surface area contributed by atoms with Crippen molar-refractivity contribution in [1.82, 2.24) is 10.2 Å². The maximum Gasteiger partial charge on any atom is 0.387 e. The van der Waals surface area contributed by atoms with E-state index >= 15 is 0 Å². The number of ether oxygens (including phenoxy) is 1. The molecule has 0 bridgehead atoms. The lowest BCUT2D eigenvalue weighted by Crippen LogP contribution is -2.46. The van der Waals surface area contributed by atoms with Gasteiger partial charge in [-0.1, -0.05) is 35.3 Å².